The van der Waals surface area contributed by atoms with Crippen molar-refractivity contribution in [3.8, 4) is 11.5 Å². The van der Waals surface area contributed by atoms with E-state index in [-0.39, 0.29) is 0 Å². The van der Waals surface area contributed by atoms with E-state index >= 15 is 0 Å². The summed E-state index contributed by atoms with van der Waals surface area (Å²) in [4.78, 5) is 18.5. The van der Waals surface area contributed by atoms with E-state index in [4.69, 9.17) is 9.78 Å². The fraction of sp³-hybridized carbons (Fsp3) is 0.250. The van der Waals surface area contributed by atoms with Gasteiger partial charge < -0.3 is 9.78 Å². The highest BCUT2D eigenvalue weighted by Gasteiger charge is 2.04. The predicted molar refractivity (Wildman–Crippen MR) is 41.7 cm³/mol. The monoisotopic (exact) mass is 170 g/mol. The van der Waals surface area contributed by atoms with Crippen molar-refractivity contribution in [3.63, 3.8) is 0 Å². The highest BCUT2D eigenvalue weighted by molar-refractivity contribution is 5.38. The first-order valence-corrected chi connectivity index (χ1v) is 3.39. The Hall–Kier alpha value is -1.26. The second-order valence-electron chi connectivity index (χ2n) is 1.95. The van der Waals surface area contributed by atoms with Gasteiger partial charge in [-0.15, -0.1) is 0 Å². The van der Waals surface area contributed by atoms with Crippen LogP contribution in [0.5, 0.6) is 11.5 Å². The summed E-state index contributed by atoms with van der Waals surface area (Å²) < 4.78 is 0. The van der Waals surface area contributed by atoms with E-state index in [9.17, 15) is 0 Å². The maximum atomic E-state index is 4.78. The fourth-order valence-electron chi connectivity index (χ4n) is 0.767. The van der Waals surface area contributed by atoms with Crippen molar-refractivity contribution >= 4 is 0 Å². The van der Waals surface area contributed by atoms with Gasteiger partial charge in [-0.2, -0.15) is 9.78 Å². The van der Waals surface area contributed by atoms with Crippen molar-refractivity contribution in [2.75, 3.05) is 14.2 Å². The maximum Gasteiger partial charge on any atom is 0.211 e. The van der Waals surface area contributed by atoms with E-state index in [1.165, 1.54) is 14.2 Å². The summed E-state index contributed by atoms with van der Waals surface area (Å²) in [5, 5.41) is 0. The van der Waals surface area contributed by atoms with Crippen LogP contribution in [0.3, 0.4) is 0 Å². The van der Waals surface area contributed by atoms with Crippen LogP contribution in [0, 0.1) is 0 Å². The summed E-state index contributed by atoms with van der Waals surface area (Å²) in [5.41, 5.74) is 0. The highest BCUT2D eigenvalue weighted by Crippen LogP contribution is 2.26. The smallest absolute Gasteiger partial charge is 0.211 e. The molecule has 0 fully saturated rings. The van der Waals surface area contributed by atoms with Crippen LogP contribution in [0.15, 0.2) is 24.3 Å². The van der Waals surface area contributed by atoms with Gasteiger partial charge in [-0.3, -0.25) is 0 Å². The molecule has 1 aromatic carbocycles. The molecule has 0 N–H and O–H groups in total. The molecule has 0 spiro atoms. The topological polar surface area (TPSA) is 36.9 Å². The van der Waals surface area contributed by atoms with Gasteiger partial charge in [0.2, 0.25) is 11.5 Å². The van der Waals surface area contributed by atoms with Crippen molar-refractivity contribution < 1.29 is 19.6 Å². The molecule has 0 radical (unpaired) electrons. The molecular formula is C8H10O4. The zero-order chi connectivity index (χ0) is 8.81. The van der Waals surface area contributed by atoms with Gasteiger partial charge in [-0.05, 0) is 12.1 Å². The molecule has 1 aromatic rings. The van der Waals surface area contributed by atoms with Gasteiger partial charge in [0.05, 0.1) is 14.2 Å². The Morgan fingerprint density at radius 2 is 1.25 bits per heavy atom. The SMILES string of the molecule is COOc1ccccc1OOC. The second kappa shape index (κ2) is 4.58. The Morgan fingerprint density at radius 3 is 1.58 bits per heavy atom. The molecule has 0 aromatic heterocycles. The van der Waals surface area contributed by atoms with E-state index in [1.807, 2.05) is 0 Å². The van der Waals surface area contributed by atoms with E-state index in [0.29, 0.717) is 11.5 Å². The maximum absolute atomic E-state index is 4.78. The normalized spacial score (nSPS) is 9.50. The molecule has 0 amide bonds. The molecule has 1 rings (SSSR count). The molecule has 66 valence electrons. The molecule has 0 saturated carbocycles. The van der Waals surface area contributed by atoms with Crippen LogP contribution in [-0.2, 0) is 9.78 Å². The predicted octanol–water partition coefficient (Wildman–Crippen LogP) is 1.57. The van der Waals surface area contributed by atoms with Crippen LogP contribution in [0.4, 0.5) is 0 Å². The standard InChI is InChI=1S/C8H10O4/c1-9-11-7-5-3-4-6-8(7)12-10-2/h3-6H,1-2H3. The average Bonchev–Trinajstić information content (AvgIpc) is 2.09. The quantitative estimate of drug-likeness (QED) is 0.507. The van der Waals surface area contributed by atoms with Crippen LogP contribution in [0.25, 0.3) is 0 Å². The molecular weight excluding hydrogens is 160 g/mol. The van der Waals surface area contributed by atoms with Crippen molar-refractivity contribution in [2.24, 2.45) is 0 Å². The summed E-state index contributed by atoms with van der Waals surface area (Å²) in [6, 6.07) is 7.02. The van der Waals surface area contributed by atoms with Crippen LogP contribution in [0.2, 0.25) is 0 Å². The molecule has 0 unspecified atom stereocenters. The molecule has 0 heterocycles. The number of benzene rings is 1. The zero-order valence-corrected chi connectivity index (χ0v) is 6.94. The van der Waals surface area contributed by atoms with Crippen LogP contribution < -0.4 is 9.78 Å². The van der Waals surface area contributed by atoms with E-state index < -0.39 is 0 Å². The summed E-state index contributed by atoms with van der Waals surface area (Å²) in [6.07, 6.45) is 0. The molecule has 0 atom stereocenters. The lowest BCUT2D eigenvalue weighted by molar-refractivity contribution is -0.201. The lowest BCUT2D eigenvalue weighted by Gasteiger charge is -2.05. The Bertz CT molecular complexity index is 211. The first-order valence-electron chi connectivity index (χ1n) is 3.39. The Balaban J connectivity index is 2.77. The first-order chi connectivity index (χ1) is 5.88. The second-order valence-corrected chi connectivity index (χ2v) is 1.95. The van der Waals surface area contributed by atoms with Crippen molar-refractivity contribution in [1.29, 1.82) is 0 Å². The molecule has 0 aliphatic heterocycles. The summed E-state index contributed by atoms with van der Waals surface area (Å²) in [5.74, 6) is 0.948. The third-order valence-corrected chi connectivity index (χ3v) is 1.20. The molecule has 4 heteroatoms. The van der Waals surface area contributed by atoms with E-state index in [0.717, 1.165) is 0 Å². The molecule has 4 nitrogen and oxygen atoms in total. The van der Waals surface area contributed by atoms with Crippen molar-refractivity contribution in [1.82, 2.24) is 0 Å². The number of para-hydroxylation sites is 2. The minimum Gasteiger partial charge on any atom is -0.334 e. The molecule has 0 saturated heterocycles. The fourth-order valence-corrected chi connectivity index (χ4v) is 0.767. The van der Waals surface area contributed by atoms with Gasteiger partial charge in [0, 0.05) is 0 Å². The lowest BCUT2D eigenvalue weighted by Crippen LogP contribution is -1.96. The van der Waals surface area contributed by atoms with Gasteiger partial charge >= 0.3 is 0 Å². The van der Waals surface area contributed by atoms with Crippen LogP contribution in [0.1, 0.15) is 0 Å². The van der Waals surface area contributed by atoms with Crippen LogP contribution >= 0.6 is 0 Å². The minimum absolute atomic E-state index is 0.474. The van der Waals surface area contributed by atoms with Crippen LogP contribution in [-0.4, -0.2) is 14.2 Å². The third kappa shape index (κ3) is 2.11. The van der Waals surface area contributed by atoms with Gasteiger partial charge in [-0.25, -0.2) is 0 Å². The summed E-state index contributed by atoms with van der Waals surface area (Å²) >= 11 is 0. The summed E-state index contributed by atoms with van der Waals surface area (Å²) in [7, 11) is 2.84. The van der Waals surface area contributed by atoms with Gasteiger partial charge in [0.15, 0.2) is 0 Å². The molecule has 12 heavy (non-hydrogen) atoms. The van der Waals surface area contributed by atoms with E-state index in [1.54, 1.807) is 24.3 Å². The number of hydrogen-bond donors (Lipinski definition) is 0. The Labute approximate surface area is 70.5 Å². The van der Waals surface area contributed by atoms with Gasteiger partial charge in [-0.1, -0.05) is 12.1 Å². The molecule has 0 bridgehead atoms. The summed E-state index contributed by atoms with van der Waals surface area (Å²) in [6.45, 7) is 0. The minimum atomic E-state index is 0.474. The Kier molecular flexibility index (Phi) is 3.37. The molecule has 0 aliphatic rings. The highest BCUT2D eigenvalue weighted by atomic mass is 17.2. The van der Waals surface area contributed by atoms with Crippen molar-refractivity contribution in [3.05, 3.63) is 24.3 Å². The van der Waals surface area contributed by atoms with Gasteiger partial charge in [0.25, 0.3) is 0 Å². The first kappa shape index (κ1) is 8.83. The number of rotatable bonds is 4. The third-order valence-electron chi connectivity index (χ3n) is 1.20. The average molecular weight is 170 g/mol. The van der Waals surface area contributed by atoms with E-state index in [2.05, 4.69) is 9.78 Å². The lowest BCUT2D eigenvalue weighted by atomic mass is 10.3. The largest absolute Gasteiger partial charge is 0.334 e. The molecule has 0 aliphatic carbocycles. The van der Waals surface area contributed by atoms with Crippen molar-refractivity contribution in [2.45, 2.75) is 0 Å². The number of hydrogen-bond acceptors (Lipinski definition) is 4. The Morgan fingerprint density at radius 1 is 0.833 bits per heavy atom. The zero-order valence-electron chi connectivity index (χ0n) is 6.94. The van der Waals surface area contributed by atoms with Gasteiger partial charge in [0.1, 0.15) is 0 Å².